The Morgan fingerprint density at radius 3 is 2.41 bits per heavy atom. The van der Waals surface area contributed by atoms with E-state index < -0.39 is 0 Å². The lowest BCUT2D eigenvalue weighted by Crippen LogP contribution is -2.08. The second kappa shape index (κ2) is 4.69. The first kappa shape index (κ1) is 12.4. The van der Waals surface area contributed by atoms with Gasteiger partial charge in [0.2, 0.25) is 5.78 Å². The standard InChI is InChI=1S/C11H7Cl3N2O/c1-16-10(9(14)5-15-16)11(17)6-2-3-7(12)8(13)4-6/h2-5H,1H3. The van der Waals surface area contributed by atoms with Gasteiger partial charge in [0, 0.05) is 12.6 Å². The van der Waals surface area contributed by atoms with Crippen molar-refractivity contribution in [3.8, 4) is 0 Å². The van der Waals surface area contributed by atoms with E-state index in [4.69, 9.17) is 34.8 Å². The summed E-state index contributed by atoms with van der Waals surface area (Å²) in [4.78, 5) is 12.2. The van der Waals surface area contributed by atoms with Gasteiger partial charge < -0.3 is 0 Å². The minimum Gasteiger partial charge on any atom is -0.287 e. The maximum atomic E-state index is 12.2. The van der Waals surface area contributed by atoms with E-state index in [0.29, 0.717) is 26.3 Å². The van der Waals surface area contributed by atoms with Gasteiger partial charge in [-0.05, 0) is 18.2 Å². The molecule has 88 valence electrons. The van der Waals surface area contributed by atoms with E-state index in [1.54, 1.807) is 19.2 Å². The molecule has 0 fully saturated rings. The fraction of sp³-hybridized carbons (Fsp3) is 0.0909. The number of aryl methyl sites for hydroxylation is 1. The third-order valence-corrected chi connectivity index (χ3v) is 3.31. The van der Waals surface area contributed by atoms with Crippen LogP contribution in [-0.2, 0) is 7.05 Å². The van der Waals surface area contributed by atoms with Crippen molar-refractivity contribution in [1.29, 1.82) is 0 Å². The van der Waals surface area contributed by atoms with Gasteiger partial charge in [-0.25, -0.2) is 0 Å². The van der Waals surface area contributed by atoms with Crippen molar-refractivity contribution in [2.75, 3.05) is 0 Å². The minimum atomic E-state index is -0.242. The highest BCUT2D eigenvalue weighted by Crippen LogP contribution is 2.25. The zero-order chi connectivity index (χ0) is 12.6. The molecule has 2 aromatic rings. The van der Waals surface area contributed by atoms with E-state index in [-0.39, 0.29) is 5.78 Å². The summed E-state index contributed by atoms with van der Waals surface area (Å²) in [5.74, 6) is -0.242. The zero-order valence-electron chi connectivity index (χ0n) is 8.75. The normalized spacial score (nSPS) is 10.6. The van der Waals surface area contributed by atoms with Gasteiger partial charge in [0.25, 0.3) is 0 Å². The number of halogens is 3. The van der Waals surface area contributed by atoms with Gasteiger partial charge in [-0.3, -0.25) is 9.48 Å². The fourth-order valence-electron chi connectivity index (χ4n) is 1.44. The molecular formula is C11H7Cl3N2O. The number of aromatic nitrogens is 2. The van der Waals surface area contributed by atoms with Crippen molar-refractivity contribution >= 4 is 40.6 Å². The van der Waals surface area contributed by atoms with Crippen LogP contribution in [0.4, 0.5) is 0 Å². The average molecular weight is 290 g/mol. The molecule has 1 aromatic carbocycles. The van der Waals surface area contributed by atoms with Crippen LogP contribution in [0.15, 0.2) is 24.4 Å². The lowest BCUT2D eigenvalue weighted by atomic mass is 10.1. The Bertz CT molecular complexity index is 573. The number of hydrogen-bond donors (Lipinski definition) is 0. The smallest absolute Gasteiger partial charge is 0.212 e. The molecule has 0 aliphatic carbocycles. The first-order valence-corrected chi connectivity index (χ1v) is 5.81. The highest BCUT2D eigenvalue weighted by molar-refractivity contribution is 6.42. The summed E-state index contributed by atoms with van der Waals surface area (Å²) in [6, 6.07) is 4.68. The van der Waals surface area contributed by atoms with Gasteiger partial charge in [-0.1, -0.05) is 34.8 Å². The zero-order valence-corrected chi connectivity index (χ0v) is 11.0. The Hall–Kier alpha value is -1.03. The summed E-state index contributed by atoms with van der Waals surface area (Å²) in [6.07, 6.45) is 1.42. The molecule has 17 heavy (non-hydrogen) atoms. The van der Waals surface area contributed by atoms with Crippen molar-refractivity contribution in [2.24, 2.45) is 7.05 Å². The maximum Gasteiger partial charge on any atom is 0.212 e. The second-order valence-corrected chi connectivity index (χ2v) is 4.64. The third-order valence-electron chi connectivity index (χ3n) is 2.29. The van der Waals surface area contributed by atoms with E-state index in [1.165, 1.54) is 16.9 Å². The van der Waals surface area contributed by atoms with Crippen LogP contribution < -0.4 is 0 Å². The monoisotopic (exact) mass is 288 g/mol. The molecule has 0 amide bonds. The van der Waals surface area contributed by atoms with E-state index >= 15 is 0 Å². The van der Waals surface area contributed by atoms with Gasteiger partial charge in [0.05, 0.1) is 21.3 Å². The Morgan fingerprint density at radius 2 is 1.88 bits per heavy atom. The predicted molar refractivity (Wildman–Crippen MR) is 68.1 cm³/mol. The summed E-state index contributed by atoms with van der Waals surface area (Å²) in [5.41, 5.74) is 0.745. The van der Waals surface area contributed by atoms with Crippen LogP contribution in [0.2, 0.25) is 15.1 Å². The average Bonchev–Trinajstić information content (AvgIpc) is 2.62. The molecular weight excluding hydrogens is 282 g/mol. The lowest BCUT2D eigenvalue weighted by Gasteiger charge is -2.03. The van der Waals surface area contributed by atoms with Crippen LogP contribution in [0.1, 0.15) is 16.1 Å². The van der Waals surface area contributed by atoms with Crippen molar-refractivity contribution in [3.05, 3.63) is 50.7 Å². The van der Waals surface area contributed by atoms with Crippen LogP contribution in [-0.4, -0.2) is 15.6 Å². The number of hydrogen-bond acceptors (Lipinski definition) is 2. The van der Waals surface area contributed by atoms with Crippen molar-refractivity contribution in [3.63, 3.8) is 0 Å². The number of ketones is 1. The molecule has 0 aliphatic heterocycles. The molecule has 2 rings (SSSR count). The number of rotatable bonds is 2. The highest BCUT2D eigenvalue weighted by Gasteiger charge is 2.18. The molecule has 3 nitrogen and oxygen atoms in total. The molecule has 1 aromatic heterocycles. The Morgan fingerprint density at radius 1 is 1.18 bits per heavy atom. The van der Waals surface area contributed by atoms with E-state index in [1.807, 2.05) is 0 Å². The minimum absolute atomic E-state index is 0.242. The van der Waals surface area contributed by atoms with Crippen molar-refractivity contribution in [1.82, 2.24) is 9.78 Å². The maximum absolute atomic E-state index is 12.2. The topological polar surface area (TPSA) is 34.9 Å². The quantitative estimate of drug-likeness (QED) is 0.792. The lowest BCUT2D eigenvalue weighted by molar-refractivity contribution is 0.103. The second-order valence-electron chi connectivity index (χ2n) is 3.42. The molecule has 0 aliphatic rings. The molecule has 0 unspecified atom stereocenters. The van der Waals surface area contributed by atoms with E-state index in [0.717, 1.165) is 0 Å². The molecule has 0 bridgehead atoms. The fourth-order valence-corrected chi connectivity index (χ4v) is 1.99. The van der Waals surface area contributed by atoms with Crippen LogP contribution >= 0.6 is 34.8 Å². The summed E-state index contributed by atoms with van der Waals surface area (Å²) >= 11 is 17.5. The molecule has 0 spiro atoms. The summed E-state index contributed by atoms with van der Waals surface area (Å²) < 4.78 is 1.42. The van der Waals surface area contributed by atoms with E-state index in [9.17, 15) is 4.79 Å². The van der Waals surface area contributed by atoms with Gasteiger partial charge in [0.15, 0.2) is 0 Å². The molecule has 0 saturated heterocycles. The number of benzene rings is 1. The first-order chi connectivity index (χ1) is 8.00. The summed E-state index contributed by atoms with van der Waals surface area (Å²) in [7, 11) is 1.65. The number of carbonyl (C=O) groups excluding carboxylic acids is 1. The Balaban J connectivity index is 2.48. The van der Waals surface area contributed by atoms with Crippen LogP contribution in [0.3, 0.4) is 0 Å². The van der Waals surface area contributed by atoms with Gasteiger partial charge in [0.1, 0.15) is 5.69 Å². The molecule has 6 heteroatoms. The van der Waals surface area contributed by atoms with Crippen LogP contribution in [0.25, 0.3) is 0 Å². The number of nitrogens with zero attached hydrogens (tertiary/aromatic N) is 2. The van der Waals surface area contributed by atoms with Crippen LogP contribution in [0.5, 0.6) is 0 Å². The largest absolute Gasteiger partial charge is 0.287 e. The third kappa shape index (κ3) is 2.32. The van der Waals surface area contributed by atoms with Gasteiger partial charge >= 0.3 is 0 Å². The first-order valence-electron chi connectivity index (χ1n) is 4.68. The molecule has 0 radical (unpaired) electrons. The van der Waals surface area contributed by atoms with Gasteiger partial charge in [-0.2, -0.15) is 5.10 Å². The predicted octanol–water partition coefficient (Wildman–Crippen LogP) is 3.61. The van der Waals surface area contributed by atoms with Crippen molar-refractivity contribution in [2.45, 2.75) is 0 Å². The number of carbonyl (C=O) groups is 1. The van der Waals surface area contributed by atoms with Gasteiger partial charge in [-0.15, -0.1) is 0 Å². The van der Waals surface area contributed by atoms with E-state index in [2.05, 4.69) is 5.10 Å². The molecule has 0 atom stereocenters. The molecule has 0 N–H and O–H groups in total. The SMILES string of the molecule is Cn1ncc(Cl)c1C(=O)c1ccc(Cl)c(Cl)c1. The Labute approximate surface area is 113 Å². The summed E-state index contributed by atoms with van der Waals surface area (Å²) in [5, 5.41) is 4.95. The van der Waals surface area contributed by atoms with Crippen molar-refractivity contribution < 1.29 is 4.79 Å². The molecule has 0 saturated carbocycles. The highest BCUT2D eigenvalue weighted by atomic mass is 35.5. The summed E-state index contributed by atoms with van der Waals surface area (Å²) in [6.45, 7) is 0. The molecule has 1 heterocycles. The Kier molecular flexibility index (Phi) is 3.43. The van der Waals surface area contributed by atoms with Crippen LogP contribution in [0, 0.1) is 0 Å².